The molecule has 94 valence electrons. The standard InChI is InChI=1S/C11H9Cl2FN4/c1-15-11-16-5-8(13)10(18-11)17-6-2-3-9(14)7(12)4-6/h2-5H,1H3,(H2,15,16,17,18). The van der Waals surface area contributed by atoms with Crippen LogP contribution in [0.5, 0.6) is 0 Å². The Hall–Kier alpha value is -1.59. The molecule has 0 aliphatic carbocycles. The van der Waals surface area contributed by atoms with Crippen LogP contribution in [0.1, 0.15) is 0 Å². The fraction of sp³-hybridized carbons (Fsp3) is 0.0909. The van der Waals surface area contributed by atoms with Crippen LogP contribution < -0.4 is 10.6 Å². The van der Waals surface area contributed by atoms with Crippen molar-refractivity contribution >= 4 is 40.7 Å². The Balaban J connectivity index is 2.30. The van der Waals surface area contributed by atoms with Gasteiger partial charge in [0, 0.05) is 12.7 Å². The van der Waals surface area contributed by atoms with Crippen LogP contribution in [0.4, 0.5) is 21.8 Å². The number of hydrogen-bond donors (Lipinski definition) is 2. The lowest BCUT2D eigenvalue weighted by Crippen LogP contribution is -2.01. The summed E-state index contributed by atoms with van der Waals surface area (Å²) in [5.74, 6) is 0.362. The molecule has 0 unspecified atom stereocenters. The topological polar surface area (TPSA) is 49.8 Å². The maximum absolute atomic E-state index is 13.0. The summed E-state index contributed by atoms with van der Waals surface area (Å²) in [6.45, 7) is 0. The van der Waals surface area contributed by atoms with Gasteiger partial charge in [0.1, 0.15) is 10.8 Å². The van der Waals surface area contributed by atoms with E-state index in [1.165, 1.54) is 18.3 Å². The molecule has 7 heteroatoms. The van der Waals surface area contributed by atoms with E-state index in [1.807, 2.05) is 0 Å². The van der Waals surface area contributed by atoms with Crippen molar-refractivity contribution in [1.82, 2.24) is 9.97 Å². The second kappa shape index (κ2) is 5.37. The van der Waals surface area contributed by atoms with Crippen LogP contribution in [-0.4, -0.2) is 17.0 Å². The second-order valence-electron chi connectivity index (χ2n) is 3.39. The molecule has 0 atom stereocenters. The molecule has 4 nitrogen and oxygen atoms in total. The number of nitrogens with one attached hydrogen (secondary N) is 2. The van der Waals surface area contributed by atoms with Gasteiger partial charge in [-0.15, -0.1) is 0 Å². The van der Waals surface area contributed by atoms with Gasteiger partial charge in [-0.25, -0.2) is 9.37 Å². The van der Waals surface area contributed by atoms with Crippen molar-refractivity contribution in [2.45, 2.75) is 0 Å². The van der Waals surface area contributed by atoms with E-state index in [2.05, 4.69) is 20.6 Å². The third kappa shape index (κ3) is 2.80. The summed E-state index contributed by atoms with van der Waals surface area (Å²) in [6.07, 6.45) is 1.47. The van der Waals surface area contributed by atoms with Crippen LogP contribution >= 0.6 is 23.2 Å². The first-order chi connectivity index (χ1) is 8.60. The Morgan fingerprint density at radius 1 is 1.22 bits per heavy atom. The first-order valence-electron chi connectivity index (χ1n) is 5.02. The van der Waals surface area contributed by atoms with Crippen molar-refractivity contribution in [1.29, 1.82) is 0 Å². The molecule has 1 aromatic carbocycles. The largest absolute Gasteiger partial charge is 0.357 e. The van der Waals surface area contributed by atoms with Gasteiger partial charge >= 0.3 is 0 Å². The Morgan fingerprint density at radius 2 is 2.00 bits per heavy atom. The van der Waals surface area contributed by atoms with Crippen molar-refractivity contribution in [3.63, 3.8) is 0 Å². The van der Waals surface area contributed by atoms with E-state index in [-0.39, 0.29) is 5.02 Å². The van der Waals surface area contributed by atoms with Gasteiger partial charge in [-0.3, -0.25) is 0 Å². The van der Waals surface area contributed by atoms with Crippen molar-refractivity contribution in [2.75, 3.05) is 17.7 Å². The second-order valence-corrected chi connectivity index (χ2v) is 4.21. The number of hydrogen-bond acceptors (Lipinski definition) is 4. The number of nitrogens with zero attached hydrogens (tertiary/aromatic N) is 2. The third-order valence-electron chi connectivity index (χ3n) is 2.15. The van der Waals surface area contributed by atoms with E-state index in [9.17, 15) is 4.39 Å². The number of anilines is 3. The maximum atomic E-state index is 13.0. The molecular formula is C11H9Cl2FN4. The van der Waals surface area contributed by atoms with Crippen LogP contribution in [0, 0.1) is 5.82 Å². The molecule has 0 radical (unpaired) electrons. The fourth-order valence-electron chi connectivity index (χ4n) is 1.29. The van der Waals surface area contributed by atoms with Crippen LogP contribution in [0.3, 0.4) is 0 Å². The highest BCUT2D eigenvalue weighted by Gasteiger charge is 2.06. The normalized spacial score (nSPS) is 10.2. The smallest absolute Gasteiger partial charge is 0.224 e. The van der Waals surface area contributed by atoms with Crippen LogP contribution in [0.15, 0.2) is 24.4 Å². The molecule has 0 saturated heterocycles. The third-order valence-corrected chi connectivity index (χ3v) is 2.72. The summed E-state index contributed by atoms with van der Waals surface area (Å²) in [4.78, 5) is 8.09. The summed E-state index contributed by atoms with van der Waals surface area (Å²) in [5.41, 5.74) is 0.587. The zero-order valence-electron chi connectivity index (χ0n) is 9.34. The zero-order chi connectivity index (χ0) is 13.1. The van der Waals surface area contributed by atoms with Gasteiger partial charge in [-0.1, -0.05) is 23.2 Å². The summed E-state index contributed by atoms with van der Waals surface area (Å²) in [7, 11) is 1.70. The minimum Gasteiger partial charge on any atom is -0.357 e. The van der Waals surface area contributed by atoms with Crippen molar-refractivity contribution in [3.8, 4) is 0 Å². The van der Waals surface area contributed by atoms with E-state index < -0.39 is 5.82 Å². The quantitative estimate of drug-likeness (QED) is 0.903. The average molecular weight is 287 g/mol. The fourth-order valence-corrected chi connectivity index (χ4v) is 1.60. The lowest BCUT2D eigenvalue weighted by atomic mass is 10.3. The van der Waals surface area contributed by atoms with E-state index in [1.54, 1.807) is 13.1 Å². The molecule has 2 N–H and O–H groups in total. The van der Waals surface area contributed by atoms with Crippen LogP contribution in [0.25, 0.3) is 0 Å². The minimum absolute atomic E-state index is 0.0269. The zero-order valence-corrected chi connectivity index (χ0v) is 10.8. The molecule has 0 aliphatic rings. The Morgan fingerprint density at radius 3 is 2.67 bits per heavy atom. The molecule has 18 heavy (non-hydrogen) atoms. The molecule has 1 aromatic heterocycles. The van der Waals surface area contributed by atoms with Gasteiger partial charge in [0.15, 0.2) is 5.82 Å². The van der Waals surface area contributed by atoms with Crippen LogP contribution in [-0.2, 0) is 0 Å². The Bertz CT molecular complexity index is 577. The van der Waals surface area contributed by atoms with Gasteiger partial charge in [-0.05, 0) is 18.2 Å². The first kappa shape index (κ1) is 12.9. The maximum Gasteiger partial charge on any atom is 0.224 e. The predicted octanol–water partition coefficient (Wildman–Crippen LogP) is 3.71. The van der Waals surface area contributed by atoms with Crippen molar-refractivity contribution in [3.05, 3.63) is 40.3 Å². The molecule has 2 rings (SSSR count). The average Bonchev–Trinajstić information content (AvgIpc) is 2.36. The summed E-state index contributed by atoms with van der Waals surface area (Å²) >= 11 is 11.6. The molecule has 0 spiro atoms. The van der Waals surface area contributed by atoms with Crippen LogP contribution in [0.2, 0.25) is 10.0 Å². The van der Waals surface area contributed by atoms with E-state index in [0.717, 1.165) is 0 Å². The first-order valence-corrected chi connectivity index (χ1v) is 5.78. The molecule has 0 saturated carbocycles. The number of benzene rings is 1. The highest BCUT2D eigenvalue weighted by molar-refractivity contribution is 6.33. The molecular weight excluding hydrogens is 278 g/mol. The summed E-state index contributed by atoms with van der Waals surface area (Å²) in [6, 6.07) is 4.26. The highest BCUT2D eigenvalue weighted by atomic mass is 35.5. The molecule has 2 aromatic rings. The molecule has 0 amide bonds. The lowest BCUT2D eigenvalue weighted by Gasteiger charge is -2.09. The molecule has 0 bridgehead atoms. The van der Waals surface area contributed by atoms with Gasteiger partial charge in [0.25, 0.3) is 0 Å². The number of aromatic nitrogens is 2. The molecule has 0 aliphatic heterocycles. The predicted molar refractivity (Wildman–Crippen MR) is 71.3 cm³/mol. The number of rotatable bonds is 3. The Kier molecular flexibility index (Phi) is 3.84. The van der Waals surface area contributed by atoms with Gasteiger partial charge in [0.2, 0.25) is 5.95 Å². The lowest BCUT2D eigenvalue weighted by molar-refractivity contribution is 0.628. The highest BCUT2D eigenvalue weighted by Crippen LogP contribution is 2.26. The monoisotopic (exact) mass is 286 g/mol. The summed E-state index contributed by atoms with van der Waals surface area (Å²) < 4.78 is 13.0. The SMILES string of the molecule is CNc1ncc(Cl)c(Nc2ccc(F)c(Cl)c2)n1. The Labute approximate surface area is 113 Å². The number of halogens is 3. The van der Waals surface area contributed by atoms with Crippen molar-refractivity contribution in [2.24, 2.45) is 0 Å². The minimum atomic E-state index is -0.480. The van der Waals surface area contributed by atoms with Crippen molar-refractivity contribution < 1.29 is 4.39 Å². The van der Waals surface area contributed by atoms with E-state index in [4.69, 9.17) is 23.2 Å². The van der Waals surface area contributed by atoms with E-state index >= 15 is 0 Å². The van der Waals surface area contributed by atoms with E-state index in [0.29, 0.717) is 22.5 Å². The molecule has 1 heterocycles. The summed E-state index contributed by atoms with van der Waals surface area (Å²) in [5, 5.41) is 6.12. The molecule has 0 fully saturated rings. The van der Waals surface area contributed by atoms with Gasteiger partial charge in [0.05, 0.1) is 11.2 Å². The van der Waals surface area contributed by atoms with Gasteiger partial charge in [-0.2, -0.15) is 4.98 Å². The van der Waals surface area contributed by atoms with Gasteiger partial charge < -0.3 is 10.6 Å².